The van der Waals surface area contributed by atoms with Gasteiger partial charge in [-0.05, 0) is 33.8 Å². The molecule has 1 aromatic heterocycles. The summed E-state index contributed by atoms with van der Waals surface area (Å²) in [6.45, 7) is 11.2. The standard InChI is InChI=1S/C14H21ClN2O/c1-13(2)9-17(10-14(3,4)18-13)8-11-6-5-7-16-12(11)15/h5-7H,8-10H2,1-4H3. The van der Waals surface area contributed by atoms with Gasteiger partial charge in [-0.15, -0.1) is 0 Å². The Morgan fingerprint density at radius 2 is 1.89 bits per heavy atom. The van der Waals surface area contributed by atoms with Crippen LogP contribution in [0.3, 0.4) is 0 Å². The highest BCUT2D eigenvalue weighted by Gasteiger charge is 2.38. The molecule has 1 saturated heterocycles. The Morgan fingerprint density at radius 1 is 1.28 bits per heavy atom. The third-order valence-electron chi connectivity index (χ3n) is 2.99. The van der Waals surface area contributed by atoms with E-state index in [4.69, 9.17) is 16.3 Å². The van der Waals surface area contributed by atoms with Gasteiger partial charge < -0.3 is 4.74 Å². The van der Waals surface area contributed by atoms with E-state index in [-0.39, 0.29) is 11.2 Å². The molecule has 0 bridgehead atoms. The summed E-state index contributed by atoms with van der Waals surface area (Å²) in [6.07, 6.45) is 1.72. The summed E-state index contributed by atoms with van der Waals surface area (Å²) in [7, 11) is 0. The fraction of sp³-hybridized carbons (Fsp3) is 0.643. The first-order valence-electron chi connectivity index (χ1n) is 6.29. The molecule has 0 saturated carbocycles. The first-order valence-corrected chi connectivity index (χ1v) is 6.67. The van der Waals surface area contributed by atoms with Crippen LogP contribution in [0, 0.1) is 0 Å². The highest BCUT2D eigenvalue weighted by Crippen LogP contribution is 2.29. The number of nitrogens with zero attached hydrogens (tertiary/aromatic N) is 2. The van der Waals surface area contributed by atoms with E-state index in [1.165, 1.54) is 0 Å². The van der Waals surface area contributed by atoms with Gasteiger partial charge in [0.25, 0.3) is 0 Å². The maximum atomic E-state index is 6.12. The number of morpholine rings is 1. The summed E-state index contributed by atoms with van der Waals surface area (Å²) < 4.78 is 6.07. The van der Waals surface area contributed by atoms with Crippen LogP contribution < -0.4 is 0 Å². The van der Waals surface area contributed by atoms with Crippen molar-refractivity contribution in [2.75, 3.05) is 13.1 Å². The molecule has 2 rings (SSSR count). The molecule has 2 heterocycles. The van der Waals surface area contributed by atoms with Crippen LogP contribution >= 0.6 is 11.6 Å². The molecule has 0 amide bonds. The van der Waals surface area contributed by atoms with Crippen molar-refractivity contribution in [2.24, 2.45) is 0 Å². The molecule has 0 aromatic carbocycles. The fourth-order valence-corrected chi connectivity index (χ4v) is 3.01. The van der Waals surface area contributed by atoms with E-state index < -0.39 is 0 Å². The molecule has 3 nitrogen and oxygen atoms in total. The van der Waals surface area contributed by atoms with Gasteiger partial charge in [0.1, 0.15) is 5.15 Å². The molecule has 1 aliphatic rings. The lowest BCUT2D eigenvalue weighted by molar-refractivity contribution is -0.182. The van der Waals surface area contributed by atoms with E-state index in [0.717, 1.165) is 25.2 Å². The monoisotopic (exact) mass is 268 g/mol. The van der Waals surface area contributed by atoms with E-state index in [0.29, 0.717) is 5.15 Å². The van der Waals surface area contributed by atoms with Crippen molar-refractivity contribution in [2.45, 2.75) is 45.4 Å². The van der Waals surface area contributed by atoms with Crippen LogP contribution in [-0.4, -0.2) is 34.2 Å². The van der Waals surface area contributed by atoms with Crippen LogP contribution in [0.25, 0.3) is 0 Å². The molecule has 0 N–H and O–H groups in total. The summed E-state index contributed by atoms with van der Waals surface area (Å²) in [5.41, 5.74) is 0.819. The number of rotatable bonds is 2. The summed E-state index contributed by atoms with van der Waals surface area (Å²) in [6, 6.07) is 3.96. The first kappa shape index (κ1) is 13.8. The van der Waals surface area contributed by atoms with E-state index in [1.54, 1.807) is 6.20 Å². The maximum absolute atomic E-state index is 6.12. The fourth-order valence-electron chi connectivity index (χ4n) is 2.84. The summed E-state index contributed by atoms with van der Waals surface area (Å²) in [5.74, 6) is 0. The summed E-state index contributed by atoms with van der Waals surface area (Å²) in [5, 5.41) is 0.597. The lowest BCUT2D eigenvalue weighted by Gasteiger charge is -2.47. The smallest absolute Gasteiger partial charge is 0.133 e. The van der Waals surface area contributed by atoms with Gasteiger partial charge in [-0.1, -0.05) is 17.7 Å². The van der Waals surface area contributed by atoms with Crippen molar-refractivity contribution < 1.29 is 4.74 Å². The molecule has 0 spiro atoms. The van der Waals surface area contributed by atoms with Crippen molar-refractivity contribution in [3.05, 3.63) is 29.0 Å². The van der Waals surface area contributed by atoms with Crippen LogP contribution in [0.15, 0.2) is 18.3 Å². The molecular formula is C14H21ClN2O. The normalized spacial score (nSPS) is 22.9. The number of hydrogen-bond acceptors (Lipinski definition) is 3. The zero-order valence-corrected chi connectivity index (χ0v) is 12.3. The zero-order chi connectivity index (χ0) is 13.4. The Morgan fingerprint density at radius 3 is 2.44 bits per heavy atom. The largest absolute Gasteiger partial charge is 0.367 e. The Labute approximate surface area is 114 Å². The van der Waals surface area contributed by atoms with Crippen molar-refractivity contribution in [1.29, 1.82) is 0 Å². The van der Waals surface area contributed by atoms with Crippen LogP contribution in [0.1, 0.15) is 33.3 Å². The Hall–Kier alpha value is -0.640. The van der Waals surface area contributed by atoms with E-state index >= 15 is 0 Å². The van der Waals surface area contributed by atoms with E-state index in [1.807, 2.05) is 12.1 Å². The molecular weight excluding hydrogens is 248 g/mol. The van der Waals surface area contributed by atoms with E-state index in [2.05, 4.69) is 37.6 Å². The van der Waals surface area contributed by atoms with Gasteiger partial charge in [0.05, 0.1) is 11.2 Å². The Balaban J connectivity index is 2.12. The Bertz CT molecular complexity index is 416. The minimum atomic E-state index is -0.129. The third kappa shape index (κ3) is 3.44. The average Bonchev–Trinajstić information content (AvgIpc) is 2.16. The van der Waals surface area contributed by atoms with Crippen LogP contribution in [0.4, 0.5) is 0 Å². The minimum Gasteiger partial charge on any atom is -0.367 e. The zero-order valence-electron chi connectivity index (χ0n) is 11.5. The third-order valence-corrected chi connectivity index (χ3v) is 3.33. The van der Waals surface area contributed by atoms with Crippen molar-refractivity contribution >= 4 is 11.6 Å². The predicted octanol–water partition coefficient (Wildman–Crippen LogP) is 3.12. The lowest BCUT2D eigenvalue weighted by atomic mass is 9.98. The lowest BCUT2D eigenvalue weighted by Crippen LogP contribution is -2.56. The van der Waals surface area contributed by atoms with Gasteiger partial charge in [-0.25, -0.2) is 4.98 Å². The first-order chi connectivity index (χ1) is 8.27. The van der Waals surface area contributed by atoms with Gasteiger partial charge in [0.15, 0.2) is 0 Å². The van der Waals surface area contributed by atoms with Crippen molar-refractivity contribution in [3.8, 4) is 0 Å². The summed E-state index contributed by atoms with van der Waals surface area (Å²) in [4.78, 5) is 6.51. The minimum absolute atomic E-state index is 0.129. The summed E-state index contributed by atoms with van der Waals surface area (Å²) >= 11 is 6.12. The second-order valence-corrected chi connectivity index (χ2v) is 6.58. The molecule has 0 unspecified atom stereocenters. The highest BCUT2D eigenvalue weighted by atomic mass is 35.5. The molecule has 1 aliphatic heterocycles. The van der Waals surface area contributed by atoms with Gasteiger partial charge in [-0.2, -0.15) is 0 Å². The Kier molecular flexibility index (Phi) is 3.67. The number of pyridine rings is 1. The second-order valence-electron chi connectivity index (χ2n) is 6.22. The molecule has 1 fully saturated rings. The second kappa shape index (κ2) is 4.80. The molecule has 0 atom stereocenters. The SMILES string of the molecule is CC1(C)CN(Cc2cccnc2Cl)CC(C)(C)O1. The highest BCUT2D eigenvalue weighted by molar-refractivity contribution is 6.30. The van der Waals surface area contributed by atoms with Crippen molar-refractivity contribution in [3.63, 3.8) is 0 Å². The number of ether oxygens (including phenoxy) is 1. The topological polar surface area (TPSA) is 25.4 Å². The molecule has 0 radical (unpaired) electrons. The van der Waals surface area contributed by atoms with Gasteiger partial charge in [0, 0.05) is 31.4 Å². The quantitative estimate of drug-likeness (QED) is 0.771. The molecule has 18 heavy (non-hydrogen) atoms. The number of halogens is 1. The molecule has 4 heteroatoms. The van der Waals surface area contributed by atoms with E-state index in [9.17, 15) is 0 Å². The molecule has 0 aliphatic carbocycles. The molecule has 100 valence electrons. The van der Waals surface area contributed by atoms with Gasteiger partial charge in [-0.3, -0.25) is 4.90 Å². The van der Waals surface area contributed by atoms with Crippen LogP contribution in [-0.2, 0) is 11.3 Å². The molecule has 1 aromatic rings. The average molecular weight is 269 g/mol. The number of hydrogen-bond donors (Lipinski definition) is 0. The maximum Gasteiger partial charge on any atom is 0.133 e. The van der Waals surface area contributed by atoms with Crippen LogP contribution in [0.5, 0.6) is 0 Å². The van der Waals surface area contributed by atoms with Crippen LogP contribution in [0.2, 0.25) is 5.15 Å². The van der Waals surface area contributed by atoms with Gasteiger partial charge >= 0.3 is 0 Å². The number of aromatic nitrogens is 1. The predicted molar refractivity (Wildman–Crippen MR) is 73.8 cm³/mol. The van der Waals surface area contributed by atoms with Crippen molar-refractivity contribution in [1.82, 2.24) is 9.88 Å². The van der Waals surface area contributed by atoms with Gasteiger partial charge in [0.2, 0.25) is 0 Å².